The van der Waals surface area contributed by atoms with E-state index in [0.717, 1.165) is 0 Å². The van der Waals surface area contributed by atoms with Crippen molar-refractivity contribution < 1.29 is 14.6 Å². The van der Waals surface area contributed by atoms with Crippen LogP contribution in [0.1, 0.15) is 17.4 Å². The van der Waals surface area contributed by atoms with Crippen molar-refractivity contribution in [3.8, 4) is 0 Å². The van der Waals surface area contributed by atoms with Gasteiger partial charge in [0.25, 0.3) is 5.91 Å². The predicted octanol–water partition coefficient (Wildman–Crippen LogP) is -0.776. The van der Waals surface area contributed by atoms with E-state index in [-0.39, 0.29) is 24.7 Å². The summed E-state index contributed by atoms with van der Waals surface area (Å²) in [7, 11) is 1.68. The lowest BCUT2D eigenvalue weighted by molar-refractivity contribution is -0.0860. The van der Waals surface area contributed by atoms with Crippen LogP contribution in [0.25, 0.3) is 0 Å². The molecule has 1 aliphatic rings. The van der Waals surface area contributed by atoms with Crippen LogP contribution in [-0.4, -0.2) is 57.6 Å². The van der Waals surface area contributed by atoms with E-state index in [4.69, 9.17) is 15.6 Å². The Labute approximate surface area is 105 Å². The van der Waals surface area contributed by atoms with Crippen molar-refractivity contribution in [1.82, 2.24) is 14.7 Å². The summed E-state index contributed by atoms with van der Waals surface area (Å²) in [5.41, 5.74) is 6.48. The van der Waals surface area contributed by atoms with Gasteiger partial charge < -0.3 is 20.5 Å². The molecule has 1 amide bonds. The molecule has 2 rings (SSSR count). The summed E-state index contributed by atoms with van der Waals surface area (Å²) in [6.07, 6.45) is 1.02. The van der Waals surface area contributed by atoms with Crippen molar-refractivity contribution in [3.05, 3.63) is 11.9 Å². The zero-order chi connectivity index (χ0) is 13.3. The van der Waals surface area contributed by atoms with Gasteiger partial charge in [-0.2, -0.15) is 5.10 Å². The summed E-state index contributed by atoms with van der Waals surface area (Å²) >= 11 is 0. The molecule has 0 aromatic carbocycles. The van der Waals surface area contributed by atoms with Crippen molar-refractivity contribution in [2.24, 2.45) is 7.05 Å². The van der Waals surface area contributed by atoms with Crippen molar-refractivity contribution >= 4 is 11.6 Å². The van der Waals surface area contributed by atoms with Gasteiger partial charge >= 0.3 is 0 Å². The van der Waals surface area contributed by atoms with Gasteiger partial charge in [0.15, 0.2) is 0 Å². The molecule has 3 N–H and O–H groups in total. The Balaban J connectivity index is 2.18. The zero-order valence-electron chi connectivity index (χ0n) is 10.5. The van der Waals surface area contributed by atoms with Crippen molar-refractivity contribution in [1.29, 1.82) is 0 Å². The molecular weight excluding hydrogens is 236 g/mol. The molecular formula is C11H18N4O3. The number of hydrogen-bond donors (Lipinski definition) is 2. The lowest BCUT2D eigenvalue weighted by atomic mass is 10.2. The van der Waals surface area contributed by atoms with Crippen LogP contribution < -0.4 is 5.73 Å². The second kappa shape index (κ2) is 4.95. The Morgan fingerprint density at radius 3 is 2.94 bits per heavy atom. The number of carbonyl (C=O) groups is 1. The fourth-order valence-corrected chi connectivity index (χ4v) is 2.18. The van der Waals surface area contributed by atoms with Gasteiger partial charge in [-0.05, 0) is 6.92 Å². The highest BCUT2D eigenvalue weighted by molar-refractivity contribution is 5.97. The van der Waals surface area contributed by atoms with E-state index in [1.807, 2.05) is 6.92 Å². The van der Waals surface area contributed by atoms with Gasteiger partial charge in [-0.15, -0.1) is 0 Å². The second-order valence-electron chi connectivity index (χ2n) is 4.53. The molecule has 0 saturated carbocycles. The maximum Gasteiger partial charge on any atom is 0.274 e. The van der Waals surface area contributed by atoms with Crippen molar-refractivity contribution in [2.45, 2.75) is 19.1 Å². The van der Waals surface area contributed by atoms with E-state index in [9.17, 15) is 4.79 Å². The summed E-state index contributed by atoms with van der Waals surface area (Å²) < 4.78 is 6.96. The SMILES string of the molecule is CC1CN(C(=O)c2c(N)cnn2C)CC(CO)O1. The average Bonchev–Trinajstić information content (AvgIpc) is 2.67. The van der Waals surface area contributed by atoms with E-state index < -0.39 is 0 Å². The predicted molar refractivity (Wildman–Crippen MR) is 64.9 cm³/mol. The van der Waals surface area contributed by atoms with Crippen LogP contribution in [0, 0.1) is 0 Å². The van der Waals surface area contributed by atoms with E-state index >= 15 is 0 Å². The molecule has 1 aliphatic heterocycles. The summed E-state index contributed by atoms with van der Waals surface area (Å²) in [5, 5.41) is 13.1. The maximum absolute atomic E-state index is 12.4. The van der Waals surface area contributed by atoms with Gasteiger partial charge in [-0.25, -0.2) is 0 Å². The van der Waals surface area contributed by atoms with Gasteiger partial charge in [0.2, 0.25) is 0 Å². The largest absolute Gasteiger partial charge is 0.396 e. The number of nitrogens with zero attached hydrogens (tertiary/aromatic N) is 3. The monoisotopic (exact) mass is 254 g/mol. The number of aromatic nitrogens is 2. The molecule has 1 aromatic rings. The molecule has 0 radical (unpaired) electrons. The summed E-state index contributed by atoms with van der Waals surface area (Å²) in [5.74, 6) is -0.180. The molecule has 1 aromatic heterocycles. The third kappa shape index (κ3) is 2.32. The summed E-state index contributed by atoms with van der Waals surface area (Å²) in [6.45, 7) is 2.62. The zero-order valence-corrected chi connectivity index (χ0v) is 10.5. The van der Waals surface area contributed by atoms with E-state index in [0.29, 0.717) is 24.5 Å². The highest BCUT2D eigenvalue weighted by atomic mass is 16.5. The minimum atomic E-state index is -0.341. The van der Waals surface area contributed by atoms with E-state index in [1.165, 1.54) is 10.9 Å². The Bertz CT molecular complexity index is 426. The lowest BCUT2D eigenvalue weighted by Gasteiger charge is -2.36. The molecule has 2 heterocycles. The Kier molecular flexibility index (Phi) is 3.53. The number of morpholine rings is 1. The normalized spacial score (nSPS) is 24.3. The lowest BCUT2D eigenvalue weighted by Crippen LogP contribution is -2.50. The second-order valence-corrected chi connectivity index (χ2v) is 4.53. The van der Waals surface area contributed by atoms with Crippen LogP contribution >= 0.6 is 0 Å². The van der Waals surface area contributed by atoms with Crippen LogP contribution in [0.3, 0.4) is 0 Å². The molecule has 18 heavy (non-hydrogen) atoms. The number of hydrogen-bond acceptors (Lipinski definition) is 5. The topological polar surface area (TPSA) is 93.6 Å². The molecule has 0 aliphatic carbocycles. The number of ether oxygens (including phenoxy) is 1. The number of amides is 1. The molecule has 2 atom stereocenters. The van der Waals surface area contributed by atoms with Crippen LogP contribution in [0.4, 0.5) is 5.69 Å². The highest BCUT2D eigenvalue weighted by Gasteiger charge is 2.30. The maximum atomic E-state index is 12.4. The number of aliphatic hydroxyl groups excluding tert-OH is 1. The van der Waals surface area contributed by atoms with Gasteiger partial charge in [-0.1, -0.05) is 0 Å². The van der Waals surface area contributed by atoms with Gasteiger partial charge in [0.1, 0.15) is 5.69 Å². The first-order chi connectivity index (χ1) is 8.52. The van der Waals surface area contributed by atoms with Crippen molar-refractivity contribution in [2.75, 3.05) is 25.4 Å². The molecule has 7 heteroatoms. The molecule has 1 fully saturated rings. The highest BCUT2D eigenvalue weighted by Crippen LogP contribution is 2.17. The molecule has 0 bridgehead atoms. The smallest absolute Gasteiger partial charge is 0.274 e. The number of aliphatic hydroxyl groups is 1. The quantitative estimate of drug-likeness (QED) is 0.722. The van der Waals surface area contributed by atoms with Crippen molar-refractivity contribution in [3.63, 3.8) is 0 Å². The van der Waals surface area contributed by atoms with Crippen LogP contribution in [0.2, 0.25) is 0 Å². The first kappa shape index (κ1) is 12.8. The number of carbonyl (C=O) groups excluding carboxylic acids is 1. The van der Waals surface area contributed by atoms with Crippen LogP contribution in [0.5, 0.6) is 0 Å². The molecule has 2 unspecified atom stereocenters. The first-order valence-electron chi connectivity index (χ1n) is 5.86. The number of nitrogen functional groups attached to an aromatic ring is 1. The van der Waals surface area contributed by atoms with Gasteiger partial charge in [0.05, 0.1) is 30.7 Å². The molecule has 1 saturated heterocycles. The first-order valence-corrected chi connectivity index (χ1v) is 5.86. The van der Waals surface area contributed by atoms with Gasteiger partial charge in [0, 0.05) is 20.1 Å². The van der Waals surface area contributed by atoms with Crippen LogP contribution in [0.15, 0.2) is 6.20 Å². The standard InChI is InChI=1S/C11H18N4O3/c1-7-4-15(5-8(6-16)18-7)11(17)10-9(12)3-13-14(10)2/h3,7-8,16H,4-6,12H2,1-2H3. The molecule has 7 nitrogen and oxygen atoms in total. The number of nitrogens with two attached hydrogens (primary N) is 1. The number of aryl methyl sites for hydroxylation is 1. The van der Waals surface area contributed by atoms with Gasteiger partial charge in [-0.3, -0.25) is 9.48 Å². The Morgan fingerprint density at radius 2 is 2.39 bits per heavy atom. The number of rotatable bonds is 2. The molecule has 100 valence electrons. The molecule has 0 spiro atoms. The minimum Gasteiger partial charge on any atom is -0.396 e. The summed E-state index contributed by atoms with van der Waals surface area (Å²) in [4.78, 5) is 14.0. The fraction of sp³-hybridized carbons (Fsp3) is 0.636. The average molecular weight is 254 g/mol. The third-order valence-corrected chi connectivity index (χ3v) is 2.99. The Morgan fingerprint density at radius 1 is 1.67 bits per heavy atom. The van der Waals surface area contributed by atoms with E-state index in [1.54, 1.807) is 11.9 Å². The minimum absolute atomic E-state index is 0.102. The summed E-state index contributed by atoms with van der Waals surface area (Å²) in [6, 6.07) is 0. The van der Waals surface area contributed by atoms with E-state index in [2.05, 4.69) is 5.10 Å². The number of anilines is 1. The van der Waals surface area contributed by atoms with Crippen LogP contribution in [-0.2, 0) is 11.8 Å². The fourth-order valence-electron chi connectivity index (χ4n) is 2.18. The Hall–Kier alpha value is -1.60. The third-order valence-electron chi connectivity index (χ3n) is 2.99.